The maximum absolute atomic E-state index is 2.29. The molecule has 2 rings (SSSR count). The Morgan fingerprint density at radius 1 is 0.462 bits per heavy atom. The molecule has 0 nitrogen and oxygen atoms in total. The van der Waals surface area contributed by atoms with E-state index in [9.17, 15) is 0 Å². The molecular weight excluding hydrogens is 312 g/mol. The molecule has 0 fully saturated rings. The van der Waals surface area contributed by atoms with Crippen LogP contribution in [0.1, 0.15) is 89.5 Å². The zero-order chi connectivity index (χ0) is 18.3. The van der Waals surface area contributed by atoms with Crippen LogP contribution in [0.15, 0.2) is 48.5 Å². The Bertz CT molecular complexity index is 533. The Balaban J connectivity index is 0.000000475. The van der Waals surface area contributed by atoms with E-state index in [0.29, 0.717) is 0 Å². The second-order valence-corrected chi connectivity index (χ2v) is 6.94. The predicted molar refractivity (Wildman–Crippen MR) is 120 cm³/mol. The van der Waals surface area contributed by atoms with Gasteiger partial charge in [0.25, 0.3) is 0 Å². The largest absolute Gasteiger partial charge is 0.0776 e. The number of hydrogen-bond acceptors (Lipinski definition) is 0. The molecule has 0 unspecified atom stereocenters. The topological polar surface area (TPSA) is 0 Å². The van der Waals surface area contributed by atoms with Gasteiger partial charge in [-0.15, -0.1) is 0 Å². The highest BCUT2D eigenvalue weighted by atomic mass is 14.0. The van der Waals surface area contributed by atoms with E-state index in [-0.39, 0.29) is 7.43 Å². The lowest BCUT2D eigenvalue weighted by Gasteiger charge is -2.02. The summed E-state index contributed by atoms with van der Waals surface area (Å²) in [5, 5.41) is 0. The van der Waals surface area contributed by atoms with Crippen LogP contribution in [0.5, 0.6) is 0 Å². The van der Waals surface area contributed by atoms with Crippen molar-refractivity contribution in [1.82, 2.24) is 0 Å². The average Bonchev–Trinajstić information content (AvgIpc) is 2.65. The van der Waals surface area contributed by atoms with Crippen LogP contribution in [0.3, 0.4) is 0 Å². The van der Waals surface area contributed by atoms with Gasteiger partial charge in [-0.2, -0.15) is 0 Å². The van der Waals surface area contributed by atoms with E-state index >= 15 is 0 Å². The van der Waals surface area contributed by atoms with Gasteiger partial charge in [0.1, 0.15) is 0 Å². The molecule has 0 saturated carbocycles. The van der Waals surface area contributed by atoms with Crippen LogP contribution in [0.4, 0.5) is 0 Å². The molecule has 0 N–H and O–H groups in total. The summed E-state index contributed by atoms with van der Waals surface area (Å²) in [4.78, 5) is 0. The summed E-state index contributed by atoms with van der Waals surface area (Å²) in [5.41, 5.74) is 5.87. The van der Waals surface area contributed by atoms with E-state index in [2.05, 4.69) is 76.2 Å². The Kier molecular flexibility index (Phi) is 14.7. The molecule has 0 aliphatic heterocycles. The maximum Gasteiger partial charge on any atom is -0.0279 e. The molecule has 146 valence electrons. The molecule has 0 heterocycles. The quantitative estimate of drug-likeness (QED) is 0.398. The lowest BCUT2D eigenvalue weighted by Crippen LogP contribution is -1.87. The molecule has 26 heavy (non-hydrogen) atoms. The van der Waals surface area contributed by atoms with E-state index in [0.717, 1.165) is 6.42 Å². The van der Waals surface area contributed by atoms with Gasteiger partial charge in [0.15, 0.2) is 0 Å². The van der Waals surface area contributed by atoms with Gasteiger partial charge in [-0.05, 0) is 54.4 Å². The number of benzene rings is 2. The molecule has 0 spiro atoms. The minimum Gasteiger partial charge on any atom is -0.0776 e. The van der Waals surface area contributed by atoms with Gasteiger partial charge in [0.05, 0.1) is 0 Å². The van der Waals surface area contributed by atoms with E-state index in [4.69, 9.17) is 0 Å². The summed E-state index contributed by atoms with van der Waals surface area (Å²) in [5.74, 6) is 0. The highest BCUT2D eigenvalue weighted by Crippen LogP contribution is 2.10. The van der Waals surface area contributed by atoms with Crippen LogP contribution in [-0.4, -0.2) is 0 Å². The molecule has 0 aliphatic carbocycles. The van der Waals surface area contributed by atoms with E-state index < -0.39 is 0 Å². The normalized spacial score (nSPS) is 9.85. The van der Waals surface area contributed by atoms with Gasteiger partial charge >= 0.3 is 0 Å². The molecule has 0 atom stereocenters. The molecule has 2 aromatic rings. The fraction of sp³-hybridized carbons (Fsp3) is 0.538. The number of hydrogen-bond donors (Lipinski definition) is 0. The first kappa shape index (κ1) is 24.4. The molecule has 0 radical (unpaired) electrons. The molecule has 0 aromatic heterocycles. The first-order chi connectivity index (χ1) is 12.2. The van der Waals surface area contributed by atoms with Crippen molar-refractivity contribution < 1.29 is 0 Å². The molecule has 0 amide bonds. The van der Waals surface area contributed by atoms with Crippen molar-refractivity contribution >= 4 is 0 Å². The smallest absolute Gasteiger partial charge is 0.0279 e. The number of aryl methyl sites for hydroxylation is 4. The van der Waals surface area contributed by atoms with E-state index in [1.165, 1.54) is 73.6 Å². The van der Waals surface area contributed by atoms with Crippen molar-refractivity contribution in [3.63, 3.8) is 0 Å². The zero-order valence-corrected chi connectivity index (χ0v) is 17.0. The SMILES string of the molecule is C.CCCCCc1ccc(CCC)cc1.CCCc1ccc(CC)cc1. The van der Waals surface area contributed by atoms with Crippen LogP contribution >= 0.6 is 0 Å². The summed E-state index contributed by atoms with van der Waals surface area (Å²) in [6, 6.07) is 18.1. The second kappa shape index (κ2) is 15.7. The molecule has 0 heteroatoms. The van der Waals surface area contributed by atoms with Crippen molar-refractivity contribution in [3.05, 3.63) is 70.8 Å². The minimum absolute atomic E-state index is 0. The third kappa shape index (κ3) is 10.4. The number of rotatable bonds is 9. The minimum atomic E-state index is 0. The molecular formula is C26H42. The monoisotopic (exact) mass is 354 g/mol. The highest BCUT2D eigenvalue weighted by molar-refractivity contribution is 5.23. The van der Waals surface area contributed by atoms with Crippen LogP contribution in [-0.2, 0) is 25.7 Å². The molecule has 0 bridgehead atoms. The standard InChI is InChI=1S/C14H22.C11H16.CH4/c1-3-5-6-8-14-11-9-13(7-4-2)10-12-14;1-3-5-11-8-6-10(4-2)7-9-11;/h9-12H,3-8H2,1-2H3;6-9H,3-5H2,1-2H3;1H4. The first-order valence-electron chi connectivity index (χ1n) is 10.4. The van der Waals surface area contributed by atoms with Crippen molar-refractivity contribution in [2.75, 3.05) is 0 Å². The maximum atomic E-state index is 2.29. The highest BCUT2D eigenvalue weighted by Gasteiger charge is 1.94. The third-order valence-corrected chi connectivity index (χ3v) is 4.60. The summed E-state index contributed by atoms with van der Waals surface area (Å²) >= 11 is 0. The number of unbranched alkanes of at least 4 members (excludes halogenated alkanes) is 2. The summed E-state index contributed by atoms with van der Waals surface area (Å²) in [6.07, 6.45) is 11.3. The van der Waals surface area contributed by atoms with Gasteiger partial charge < -0.3 is 0 Å². The zero-order valence-electron chi connectivity index (χ0n) is 17.0. The fourth-order valence-electron chi connectivity index (χ4n) is 2.97. The van der Waals surface area contributed by atoms with Gasteiger partial charge in [0.2, 0.25) is 0 Å². The lowest BCUT2D eigenvalue weighted by atomic mass is 10.0. The van der Waals surface area contributed by atoms with Crippen LogP contribution in [0.25, 0.3) is 0 Å². The first-order valence-corrected chi connectivity index (χ1v) is 10.4. The summed E-state index contributed by atoms with van der Waals surface area (Å²) in [7, 11) is 0. The molecule has 2 aromatic carbocycles. The van der Waals surface area contributed by atoms with Gasteiger partial charge in [-0.25, -0.2) is 0 Å². The van der Waals surface area contributed by atoms with Crippen molar-refractivity contribution in [2.24, 2.45) is 0 Å². The van der Waals surface area contributed by atoms with Gasteiger partial charge in [0, 0.05) is 0 Å². The van der Waals surface area contributed by atoms with Crippen LogP contribution < -0.4 is 0 Å². The lowest BCUT2D eigenvalue weighted by molar-refractivity contribution is 0.717. The van der Waals surface area contributed by atoms with Gasteiger partial charge in [-0.3, -0.25) is 0 Å². The van der Waals surface area contributed by atoms with E-state index in [1.807, 2.05) is 0 Å². The Hall–Kier alpha value is -1.56. The summed E-state index contributed by atoms with van der Waals surface area (Å²) in [6.45, 7) is 8.89. The Morgan fingerprint density at radius 2 is 0.846 bits per heavy atom. The van der Waals surface area contributed by atoms with Crippen LogP contribution in [0, 0.1) is 0 Å². The Morgan fingerprint density at radius 3 is 1.19 bits per heavy atom. The van der Waals surface area contributed by atoms with Crippen LogP contribution in [0.2, 0.25) is 0 Å². The third-order valence-electron chi connectivity index (χ3n) is 4.60. The molecule has 0 aliphatic rings. The van der Waals surface area contributed by atoms with Crippen molar-refractivity contribution in [1.29, 1.82) is 0 Å². The van der Waals surface area contributed by atoms with E-state index in [1.54, 1.807) is 0 Å². The van der Waals surface area contributed by atoms with Gasteiger partial charge in [-0.1, -0.05) is 109 Å². The summed E-state index contributed by atoms with van der Waals surface area (Å²) < 4.78 is 0. The average molecular weight is 355 g/mol. The van der Waals surface area contributed by atoms with Crippen molar-refractivity contribution in [2.45, 2.75) is 92.9 Å². The Labute approximate surface area is 164 Å². The molecule has 0 saturated heterocycles. The fourth-order valence-corrected chi connectivity index (χ4v) is 2.97. The second-order valence-electron chi connectivity index (χ2n) is 6.94. The van der Waals surface area contributed by atoms with Crippen molar-refractivity contribution in [3.8, 4) is 0 Å². The predicted octanol–water partition coefficient (Wildman–Crippen LogP) is 8.21.